The van der Waals surface area contributed by atoms with Crippen molar-refractivity contribution >= 4 is 17.5 Å². The lowest BCUT2D eigenvalue weighted by Gasteiger charge is -2.30. The molecule has 2 unspecified atom stereocenters. The Balaban J connectivity index is 1.81. The normalized spacial score (nSPS) is 23.3. The van der Waals surface area contributed by atoms with E-state index >= 15 is 0 Å². The SMILES string of the molecule is Cc1noc(Cl)c1CCC(=O)NC1CCCNC1C. The molecular formula is C13H20ClN3O2. The molecule has 0 radical (unpaired) electrons. The molecule has 19 heavy (non-hydrogen) atoms. The van der Waals surface area contributed by atoms with Crippen molar-refractivity contribution in [2.24, 2.45) is 0 Å². The first kappa shape index (κ1) is 14.3. The van der Waals surface area contributed by atoms with Crippen molar-refractivity contribution in [2.75, 3.05) is 6.54 Å². The smallest absolute Gasteiger partial charge is 0.229 e. The van der Waals surface area contributed by atoms with E-state index in [1.165, 1.54) is 0 Å². The molecule has 2 N–H and O–H groups in total. The van der Waals surface area contributed by atoms with Gasteiger partial charge in [0.25, 0.3) is 0 Å². The van der Waals surface area contributed by atoms with Gasteiger partial charge in [0.1, 0.15) is 0 Å². The Morgan fingerprint density at radius 1 is 1.63 bits per heavy atom. The second-order valence-corrected chi connectivity index (χ2v) is 5.42. The summed E-state index contributed by atoms with van der Waals surface area (Å²) in [5, 5.41) is 10.5. The minimum absolute atomic E-state index is 0.0530. The maximum absolute atomic E-state index is 11.9. The van der Waals surface area contributed by atoms with Gasteiger partial charge in [0.15, 0.2) is 0 Å². The van der Waals surface area contributed by atoms with Gasteiger partial charge in [0.2, 0.25) is 11.1 Å². The van der Waals surface area contributed by atoms with E-state index in [1.54, 1.807) is 0 Å². The van der Waals surface area contributed by atoms with Gasteiger partial charge in [-0.15, -0.1) is 0 Å². The van der Waals surface area contributed by atoms with Crippen molar-refractivity contribution in [3.63, 3.8) is 0 Å². The molecule has 106 valence electrons. The molecule has 1 saturated heterocycles. The summed E-state index contributed by atoms with van der Waals surface area (Å²) < 4.78 is 4.87. The Hall–Kier alpha value is -1.07. The van der Waals surface area contributed by atoms with Crippen LogP contribution in [0.1, 0.15) is 37.4 Å². The van der Waals surface area contributed by atoms with E-state index in [0.29, 0.717) is 18.9 Å². The number of nitrogens with one attached hydrogen (secondary N) is 2. The third kappa shape index (κ3) is 3.70. The first-order valence-corrected chi connectivity index (χ1v) is 7.09. The van der Waals surface area contributed by atoms with Crippen molar-refractivity contribution < 1.29 is 9.32 Å². The highest BCUT2D eigenvalue weighted by Crippen LogP contribution is 2.20. The second-order valence-electron chi connectivity index (χ2n) is 5.08. The first-order chi connectivity index (χ1) is 9.08. The molecule has 5 nitrogen and oxygen atoms in total. The fraction of sp³-hybridized carbons (Fsp3) is 0.692. The van der Waals surface area contributed by atoms with E-state index in [4.69, 9.17) is 16.1 Å². The Bertz CT molecular complexity index is 428. The molecular weight excluding hydrogens is 266 g/mol. The molecule has 0 spiro atoms. The van der Waals surface area contributed by atoms with Gasteiger partial charge in [0, 0.05) is 24.1 Å². The van der Waals surface area contributed by atoms with Crippen LogP contribution in [0.3, 0.4) is 0 Å². The molecule has 1 aromatic heterocycles. The molecule has 2 heterocycles. The molecule has 0 aliphatic carbocycles. The van der Waals surface area contributed by atoms with Gasteiger partial charge in [0.05, 0.1) is 5.69 Å². The summed E-state index contributed by atoms with van der Waals surface area (Å²) in [5.41, 5.74) is 1.58. The molecule has 1 aliphatic heterocycles. The van der Waals surface area contributed by atoms with Crippen LogP contribution >= 0.6 is 11.6 Å². The van der Waals surface area contributed by atoms with Crippen molar-refractivity contribution in [3.8, 4) is 0 Å². The van der Waals surface area contributed by atoms with Crippen molar-refractivity contribution in [3.05, 3.63) is 16.5 Å². The van der Waals surface area contributed by atoms with Crippen LogP contribution in [-0.2, 0) is 11.2 Å². The van der Waals surface area contributed by atoms with Gasteiger partial charge >= 0.3 is 0 Å². The fourth-order valence-corrected chi connectivity index (χ4v) is 2.66. The predicted molar refractivity (Wildman–Crippen MR) is 73.2 cm³/mol. The molecule has 0 bridgehead atoms. The van der Waals surface area contributed by atoms with Crippen LogP contribution in [0.25, 0.3) is 0 Å². The standard InChI is InChI=1S/C13H20ClN3O2/c1-8-10(13(14)19-17-8)5-6-12(18)16-11-4-3-7-15-9(11)2/h9,11,15H,3-7H2,1-2H3,(H,16,18). The van der Waals surface area contributed by atoms with Crippen LogP contribution in [0.2, 0.25) is 5.22 Å². The van der Waals surface area contributed by atoms with Crippen LogP contribution in [-0.4, -0.2) is 29.7 Å². The van der Waals surface area contributed by atoms with E-state index < -0.39 is 0 Å². The number of aryl methyl sites for hydroxylation is 1. The number of piperidine rings is 1. The molecule has 0 saturated carbocycles. The zero-order valence-electron chi connectivity index (χ0n) is 11.3. The van der Waals surface area contributed by atoms with Crippen molar-refractivity contribution in [1.82, 2.24) is 15.8 Å². The number of rotatable bonds is 4. The average Bonchev–Trinajstić information content (AvgIpc) is 2.70. The Morgan fingerprint density at radius 2 is 2.42 bits per heavy atom. The summed E-state index contributed by atoms with van der Waals surface area (Å²) in [6.45, 7) is 4.96. The van der Waals surface area contributed by atoms with Gasteiger partial charge in [-0.25, -0.2) is 0 Å². The molecule has 2 rings (SSSR count). The molecule has 1 aliphatic rings. The van der Waals surface area contributed by atoms with E-state index in [9.17, 15) is 4.79 Å². The number of nitrogens with zero attached hydrogens (tertiary/aromatic N) is 1. The maximum atomic E-state index is 11.9. The summed E-state index contributed by atoms with van der Waals surface area (Å²) in [7, 11) is 0. The van der Waals surface area contributed by atoms with Gasteiger partial charge in [-0.3, -0.25) is 4.79 Å². The number of carbonyl (C=O) groups is 1. The van der Waals surface area contributed by atoms with Gasteiger partial charge in [-0.1, -0.05) is 5.16 Å². The summed E-state index contributed by atoms with van der Waals surface area (Å²) in [5.74, 6) is 0.0530. The summed E-state index contributed by atoms with van der Waals surface area (Å²) in [6.07, 6.45) is 3.11. The van der Waals surface area contributed by atoms with Gasteiger partial charge < -0.3 is 15.2 Å². The average molecular weight is 286 g/mol. The predicted octanol–water partition coefficient (Wildman–Crippen LogP) is 1.83. The topological polar surface area (TPSA) is 67.2 Å². The molecule has 0 aromatic carbocycles. The Kier molecular flexibility index (Phi) is 4.82. The van der Waals surface area contributed by atoms with E-state index in [-0.39, 0.29) is 17.2 Å². The third-order valence-electron chi connectivity index (χ3n) is 3.65. The molecule has 2 atom stereocenters. The quantitative estimate of drug-likeness (QED) is 0.886. The summed E-state index contributed by atoms with van der Waals surface area (Å²) in [6, 6.07) is 0.555. The molecule has 1 aromatic rings. The number of amides is 1. The van der Waals surface area contributed by atoms with Crippen molar-refractivity contribution in [1.29, 1.82) is 0 Å². The monoisotopic (exact) mass is 285 g/mol. The fourth-order valence-electron chi connectivity index (χ4n) is 2.40. The molecule has 1 amide bonds. The zero-order chi connectivity index (χ0) is 13.8. The van der Waals surface area contributed by atoms with Gasteiger partial charge in [-0.05, 0) is 51.3 Å². The van der Waals surface area contributed by atoms with Crippen LogP contribution in [0, 0.1) is 6.92 Å². The number of carbonyl (C=O) groups excluding carboxylic acids is 1. The van der Waals surface area contributed by atoms with Crippen LogP contribution in [0.4, 0.5) is 0 Å². The van der Waals surface area contributed by atoms with Crippen LogP contribution < -0.4 is 10.6 Å². The number of aromatic nitrogens is 1. The highest BCUT2D eigenvalue weighted by Gasteiger charge is 2.22. The third-order valence-corrected chi connectivity index (χ3v) is 3.94. The first-order valence-electron chi connectivity index (χ1n) is 6.71. The highest BCUT2D eigenvalue weighted by atomic mass is 35.5. The maximum Gasteiger partial charge on any atom is 0.229 e. The zero-order valence-corrected chi connectivity index (χ0v) is 12.1. The second kappa shape index (κ2) is 6.39. The summed E-state index contributed by atoms with van der Waals surface area (Å²) >= 11 is 5.87. The number of halogens is 1. The lowest BCUT2D eigenvalue weighted by atomic mass is 9.99. The van der Waals surface area contributed by atoms with E-state index in [2.05, 4.69) is 22.7 Å². The number of hydrogen-bond acceptors (Lipinski definition) is 4. The molecule has 1 fully saturated rings. The minimum atomic E-state index is 0.0530. The number of hydrogen-bond donors (Lipinski definition) is 2. The van der Waals surface area contributed by atoms with Crippen molar-refractivity contribution in [2.45, 2.75) is 51.6 Å². The minimum Gasteiger partial charge on any atom is -0.352 e. The van der Waals surface area contributed by atoms with Crippen LogP contribution in [0.5, 0.6) is 0 Å². The molecule has 6 heteroatoms. The highest BCUT2D eigenvalue weighted by molar-refractivity contribution is 6.29. The van der Waals surface area contributed by atoms with Gasteiger partial charge in [-0.2, -0.15) is 0 Å². The Labute approximate surface area is 118 Å². The lowest BCUT2D eigenvalue weighted by Crippen LogP contribution is -2.51. The van der Waals surface area contributed by atoms with E-state index in [0.717, 1.165) is 30.6 Å². The Morgan fingerprint density at radius 3 is 3.05 bits per heavy atom. The lowest BCUT2D eigenvalue weighted by molar-refractivity contribution is -0.122. The van der Waals surface area contributed by atoms with Crippen LogP contribution in [0.15, 0.2) is 4.52 Å². The largest absolute Gasteiger partial charge is 0.352 e. The van der Waals surface area contributed by atoms with E-state index in [1.807, 2.05) is 6.92 Å². The summed E-state index contributed by atoms with van der Waals surface area (Å²) in [4.78, 5) is 11.9.